The second-order valence-corrected chi connectivity index (χ2v) is 6.62. The van der Waals surface area contributed by atoms with Gasteiger partial charge in [-0.25, -0.2) is 4.39 Å². The summed E-state index contributed by atoms with van der Waals surface area (Å²) in [5.74, 6) is -0.747. The molecule has 1 atom stereocenters. The monoisotopic (exact) mass is 345 g/mol. The minimum absolute atomic E-state index is 0.166. The van der Waals surface area contributed by atoms with Crippen LogP contribution in [0.25, 0.3) is 0 Å². The number of benzene rings is 1. The van der Waals surface area contributed by atoms with Crippen molar-refractivity contribution < 1.29 is 9.18 Å². The Bertz CT molecular complexity index is 737. The SMILES string of the molecule is CC(C)Nc1ccc(F)cc1NC(=O)c1ccn(C2CCCNC2)n1. The second kappa shape index (κ2) is 7.65. The van der Waals surface area contributed by atoms with Gasteiger partial charge in [0.15, 0.2) is 5.69 Å². The molecule has 134 valence electrons. The van der Waals surface area contributed by atoms with Crippen molar-refractivity contribution in [2.24, 2.45) is 0 Å². The minimum atomic E-state index is -0.400. The lowest BCUT2D eigenvalue weighted by molar-refractivity contribution is 0.102. The fourth-order valence-electron chi connectivity index (χ4n) is 2.96. The molecular weight excluding hydrogens is 321 g/mol. The van der Waals surface area contributed by atoms with Gasteiger partial charge in [-0.15, -0.1) is 0 Å². The van der Waals surface area contributed by atoms with E-state index in [2.05, 4.69) is 21.0 Å². The molecule has 2 aromatic rings. The van der Waals surface area contributed by atoms with Crippen molar-refractivity contribution in [2.45, 2.75) is 38.8 Å². The lowest BCUT2D eigenvalue weighted by atomic mass is 10.1. The molecule has 6 nitrogen and oxygen atoms in total. The summed E-state index contributed by atoms with van der Waals surface area (Å²) in [6.45, 7) is 5.84. The van der Waals surface area contributed by atoms with Crippen molar-refractivity contribution >= 4 is 17.3 Å². The van der Waals surface area contributed by atoms with Crippen molar-refractivity contribution in [3.63, 3.8) is 0 Å². The summed E-state index contributed by atoms with van der Waals surface area (Å²) < 4.78 is 15.4. The average Bonchev–Trinajstić information content (AvgIpc) is 3.08. The topological polar surface area (TPSA) is 71.0 Å². The fraction of sp³-hybridized carbons (Fsp3) is 0.444. The molecule has 0 radical (unpaired) electrons. The van der Waals surface area contributed by atoms with Gasteiger partial charge in [-0.3, -0.25) is 9.48 Å². The van der Waals surface area contributed by atoms with Gasteiger partial charge in [-0.05, 0) is 57.5 Å². The molecule has 1 amide bonds. The molecule has 1 aromatic heterocycles. The summed E-state index contributed by atoms with van der Waals surface area (Å²) in [6.07, 6.45) is 3.97. The van der Waals surface area contributed by atoms with Crippen LogP contribution in [0.4, 0.5) is 15.8 Å². The summed E-state index contributed by atoms with van der Waals surface area (Å²) in [5.41, 5.74) is 1.42. The van der Waals surface area contributed by atoms with Crippen LogP contribution in [0.5, 0.6) is 0 Å². The summed E-state index contributed by atoms with van der Waals surface area (Å²) in [6, 6.07) is 6.42. The molecule has 0 saturated carbocycles. The molecule has 1 saturated heterocycles. The Morgan fingerprint density at radius 2 is 2.20 bits per heavy atom. The summed E-state index contributed by atoms with van der Waals surface area (Å²) >= 11 is 0. The molecule has 1 aromatic carbocycles. The third-order valence-corrected chi connectivity index (χ3v) is 4.16. The van der Waals surface area contributed by atoms with E-state index >= 15 is 0 Å². The summed E-state index contributed by atoms with van der Waals surface area (Å²) in [5, 5.41) is 13.7. The molecule has 2 heterocycles. The maximum Gasteiger partial charge on any atom is 0.276 e. The van der Waals surface area contributed by atoms with Crippen LogP contribution in [0, 0.1) is 5.82 Å². The van der Waals surface area contributed by atoms with Crippen LogP contribution in [-0.4, -0.2) is 34.8 Å². The Kier molecular flexibility index (Phi) is 5.33. The largest absolute Gasteiger partial charge is 0.381 e. The van der Waals surface area contributed by atoms with E-state index in [9.17, 15) is 9.18 Å². The average molecular weight is 345 g/mol. The van der Waals surface area contributed by atoms with E-state index in [0.717, 1.165) is 25.9 Å². The van der Waals surface area contributed by atoms with E-state index in [1.807, 2.05) is 24.7 Å². The first kappa shape index (κ1) is 17.4. The highest BCUT2D eigenvalue weighted by Crippen LogP contribution is 2.24. The highest BCUT2D eigenvalue weighted by Gasteiger charge is 2.18. The van der Waals surface area contributed by atoms with Gasteiger partial charge >= 0.3 is 0 Å². The van der Waals surface area contributed by atoms with Gasteiger partial charge in [0.25, 0.3) is 5.91 Å². The van der Waals surface area contributed by atoms with Crippen LogP contribution in [-0.2, 0) is 0 Å². The number of amides is 1. The summed E-state index contributed by atoms with van der Waals surface area (Å²) in [4.78, 5) is 12.5. The number of carbonyl (C=O) groups is 1. The van der Waals surface area contributed by atoms with E-state index in [1.54, 1.807) is 12.1 Å². The molecule has 3 rings (SSSR count). The highest BCUT2D eigenvalue weighted by molar-refractivity contribution is 6.04. The second-order valence-electron chi connectivity index (χ2n) is 6.62. The van der Waals surface area contributed by atoms with E-state index in [-0.39, 0.29) is 18.0 Å². The maximum absolute atomic E-state index is 13.6. The number of rotatable bonds is 5. The van der Waals surface area contributed by atoms with Crippen molar-refractivity contribution in [3.8, 4) is 0 Å². The van der Waals surface area contributed by atoms with Crippen LogP contribution < -0.4 is 16.0 Å². The van der Waals surface area contributed by atoms with Crippen molar-refractivity contribution in [1.29, 1.82) is 0 Å². The number of aromatic nitrogens is 2. The summed E-state index contributed by atoms with van der Waals surface area (Å²) in [7, 11) is 0. The number of piperidine rings is 1. The van der Waals surface area contributed by atoms with Gasteiger partial charge in [0.1, 0.15) is 5.82 Å². The van der Waals surface area contributed by atoms with Crippen molar-refractivity contribution in [2.75, 3.05) is 23.7 Å². The molecule has 0 spiro atoms. The van der Waals surface area contributed by atoms with Crippen LogP contribution in [0.3, 0.4) is 0 Å². The Morgan fingerprint density at radius 1 is 1.36 bits per heavy atom. The first-order valence-electron chi connectivity index (χ1n) is 8.66. The Morgan fingerprint density at radius 3 is 2.92 bits per heavy atom. The van der Waals surface area contributed by atoms with E-state index in [0.29, 0.717) is 17.1 Å². The number of hydrogen-bond acceptors (Lipinski definition) is 4. The zero-order valence-corrected chi connectivity index (χ0v) is 14.6. The zero-order valence-electron chi connectivity index (χ0n) is 14.6. The molecule has 0 bridgehead atoms. The van der Waals surface area contributed by atoms with Crippen molar-refractivity contribution in [1.82, 2.24) is 15.1 Å². The third-order valence-electron chi connectivity index (χ3n) is 4.16. The smallest absolute Gasteiger partial charge is 0.276 e. The first-order valence-corrected chi connectivity index (χ1v) is 8.66. The van der Waals surface area contributed by atoms with Gasteiger partial charge in [0.2, 0.25) is 0 Å². The van der Waals surface area contributed by atoms with Gasteiger partial charge in [0.05, 0.1) is 17.4 Å². The number of anilines is 2. The minimum Gasteiger partial charge on any atom is -0.381 e. The number of hydrogen-bond donors (Lipinski definition) is 3. The third kappa shape index (κ3) is 4.36. The van der Waals surface area contributed by atoms with Gasteiger partial charge in [-0.2, -0.15) is 5.10 Å². The molecule has 25 heavy (non-hydrogen) atoms. The van der Waals surface area contributed by atoms with Gasteiger partial charge < -0.3 is 16.0 Å². The lowest BCUT2D eigenvalue weighted by Crippen LogP contribution is -2.32. The number of nitrogens with zero attached hydrogens (tertiary/aromatic N) is 2. The Labute approximate surface area is 146 Å². The standard InChI is InChI=1S/C18H24FN5O/c1-12(2)21-15-6-5-13(19)10-17(15)22-18(25)16-7-9-24(23-16)14-4-3-8-20-11-14/h5-7,9-10,12,14,20-21H,3-4,8,11H2,1-2H3,(H,22,25). The molecule has 1 fully saturated rings. The van der Waals surface area contributed by atoms with Crippen LogP contribution in [0.15, 0.2) is 30.5 Å². The zero-order chi connectivity index (χ0) is 17.8. The predicted molar refractivity (Wildman–Crippen MR) is 96.5 cm³/mol. The fourth-order valence-corrected chi connectivity index (χ4v) is 2.96. The van der Waals surface area contributed by atoms with E-state index < -0.39 is 5.82 Å². The highest BCUT2D eigenvalue weighted by atomic mass is 19.1. The van der Waals surface area contributed by atoms with Crippen LogP contribution >= 0.6 is 0 Å². The van der Waals surface area contributed by atoms with E-state index in [1.165, 1.54) is 12.1 Å². The number of halogens is 1. The molecule has 0 aliphatic carbocycles. The molecular formula is C18H24FN5O. The molecule has 7 heteroatoms. The molecule has 3 N–H and O–H groups in total. The lowest BCUT2D eigenvalue weighted by Gasteiger charge is -2.22. The molecule has 1 aliphatic rings. The molecule has 1 unspecified atom stereocenters. The maximum atomic E-state index is 13.6. The number of nitrogens with one attached hydrogen (secondary N) is 3. The normalized spacial score (nSPS) is 17.5. The van der Waals surface area contributed by atoms with Crippen LogP contribution in [0.2, 0.25) is 0 Å². The van der Waals surface area contributed by atoms with Gasteiger partial charge in [0, 0.05) is 18.8 Å². The molecule has 1 aliphatic heterocycles. The van der Waals surface area contributed by atoms with Gasteiger partial charge in [-0.1, -0.05) is 0 Å². The van der Waals surface area contributed by atoms with Crippen LogP contribution in [0.1, 0.15) is 43.2 Å². The Hall–Kier alpha value is -2.41. The van der Waals surface area contributed by atoms with E-state index in [4.69, 9.17) is 0 Å². The predicted octanol–water partition coefficient (Wildman–Crippen LogP) is 3.02. The van der Waals surface area contributed by atoms with Crippen molar-refractivity contribution in [3.05, 3.63) is 42.0 Å². The number of carbonyl (C=O) groups excluding carboxylic acids is 1. The Balaban J connectivity index is 1.74. The first-order chi connectivity index (χ1) is 12.0. The quantitative estimate of drug-likeness (QED) is 0.779.